The fraction of sp³-hybridized carbons (Fsp3) is 0.364. The molecule has 0 N–H and O–H groups in total. The largest absolute Gasteiger partial charge is 0.308 e. The molecule has 1 amide bonds. The first-order valence-corrected chi connectivity index (χ1v) is 13.1. The molecule has 0 radical (unpaired) electrons. The molecule has 0 aliphatic carbocycles. The fourth-order valence-electron chi connectivity index (χ4n) is 2.97. The van der Waals surface area contributed by atoms with Crippen molar-refractivity contribution in [2.75, 3.05) is 32.1 Å². The number of rotatable bonds is 8. The molecule has 3 aromatic rings. The summed E-state index contributed by atoms with van der Waals surface area (Å²) in [6.45, 7) is 4.54. The molecule has 0 bridgehead atoms. The highest BCUT2D eigenvalue weighted by Gasteiger charge is 2.22. The monoisotopic (exact) mass is 523 g/mol. The number of sulfone groups is 1. The minimum Gasteiger partial charge on any atom is -0.308 e. The Balaban J connectivity index is 1.84. The second kappa shape index (κ2) is 9.77. The van der Waals surface area contributed by atoms with Crippen molar-refractivity contribution >= 4 is 58.4 Å². The molecule has 31 heavy (non-hydrogen) atoms. The van der Waals surface area contributed by atoms with Gasteiger partial charge in [0.2, 0.25) is 5.91 Å². The first kappa shape index (κ1) is 23.8. The van der Waals surface area contributed by atoms with E-state index in [4.69, 9.17) is 0 Å². The second-order valence-corrected chi connectivity index (χ2v) is 12.3. The lowest BCUT2D eigenvalue weighted by Crippen LogP contribution is -2.37. The Kier molecular flexibility index (Phi) is 7.51. The van der Waals surface area contributed by atoms with E-state index in [0.29, 0.717) is 18.2 Å². The van der Waals surface area contributed by atoms with Gasteiger partial charge in [-0.25, -0.2) is 13.4 Å². The first-order valence-electron chi connectivity index (χ1n) is 9.92. The SMILES string of the molecule is CC(C)S(=O)(=O)c1ccc(CC(=O)N(CCN(C)C)c2nc3ccc(Br)cc3s2)cc1. The lowest BCUT2D eigenvalue weighted by atomic mass is 10.1. The van der Waals surface area contributed by atoms with Gasteiger partial charge in [0.25, 0.3) is 0 Å². The number of hydrogen-bond donors (Lipinski definition) is 0. The van der Waals surface area contributed by atoms with E-state index < -0.39 is 15.1 Å². The zero-order valence-corrected chi connectivity index (χ0v) is 21.2. The number of benzene rings is 2. The van der Waals surface area contributed by atoms with Crippen molar-refractivity contribution in [1.29, 1.82) is 0 Å². The molecule has 0 fully saturated rings. The van der Waals surface area contributed by atoms with E-state index in [0.717, 1.165) is 20.3 Å². The number of fused-ring (bicyclic) bond motifs is 1. The van der Waals surface area contributed by atoms with Crippen LogP contribution in [0.15, 0.2) is 51.8 Å². The molecule has 0 unspecified atom stereocenters. The Bertz CT molecular complexity index is 1170. The maximum Gasteiger partial charge on any atom is 0.233 e. The number of carbonyl (C=O) groups is 1. The standard InChI is InChI=1S/C22H26BrN3O3S2/c1-15(2)31(28,29)18-8-5-16(6-9-18)13-21(27)26(12-11-25(3)4)22-24-19-10-7-17(23)14-20(19)30-22/h5-10,14-15H,11-13H2,1-4H3. The minimum absolute atomic E-state index is 0.0700. The van der Waals surface area contributed by atoms with E-state index in [1.807, 2.05) is 37.2 Å². The summed E-state index contributed by atoms with van der Waals surface area (Å²) < 4.78 is 26.6. The van der Waals surface area contributed by atoms with Gasteiger partial charge in [-0.2, -0.15) is 0 Å². The van der Waals surface area contributed by atoms with Crippen LogP contribution < -0.4 is 4.90 Å². The number of halogens is 1. The Labute approximate surface area is 195 Å². The van der Waals surface area contributed by atoms with Gasteiger partial charge in [0.05, 0.1) is 26.8 Å². The lowest BCUT2D eigenvalue weighted by Gasteiger charge is -2.22. The Morgan fingerprint density at radius 3 is 2.39 bits per heavy atom. The van der Waals surface area contributed by atoms with Crippen LogP contribution in [0, 0.1) is 0 Å². The number of nitrogens with zero attached hydrogens (tertiary/aromatic N) is 3. The Morgan fingerprint density at radius 2 is 1.77 bits per heavy atom. The van der Waals surface area contributed by atoms with E-state index in [9.17, 15) is 13.2 Å². The average Bonchev–Trinajstić information content (AvgIpc) is 3.10. The van der Waals surface area contributed by atoms with E-state index in [2.05, 4.69) is 20.9 Å². The number of anilines is 1. The number of carbonyl (C=O) groups excluding carboxylic acids is 1. The Hall–Kier alpha value is -1.81. The number of amides is 1. The van der Waals surface area contributed by atoms with Crippen molar-refractivity contribution in [3.8, 4) is 0 Å². The molecular weight excluding hydrogens is 498 g/mol. The topological polar surface area (TPSA) is 70.6 Å². The molecule has 0 spiro atoms. The summed E-state index contributed by atoms with van der Waals surface area (Å²) in [6, 6.07) is 12.5. The zero-order chi connectivity index (χ0) is 22.8. The maximum atomic E-state index is 13.2. The van der Waals surface area contributed by atoms with E-state index >= 15 is 0 Å². The van der Waals surface area contributed by atoms with E-state index in [1.165, 1.54) is 11.3 Å². The van der Waals surface area contributed by atoms with Crippen LogP contribution in [0.25, 0.3) is 10.2 Å². The predicted molar refractivity (Wildman–Crippen MR) is 131 cm³/mol. The summed E-state index contributed by atoms with van der Waals surface area (Å²) in [5, 5.41) is 0.180. The Morgan fingerprint density at radius 1 is 1.10 bits per heavy atom. The van der Waals surface area contributed by atoms with Gasteiger partial charge in [0.15, 0.2) is 15.0 Å². The lowest BCUT2D eigenvalue weighted by molar-refractivity contribution is -0.118. The molecule has 0 saturated carbocycles. The van der Waals surface area contributed by atoms with Gasteiger partial charge in [-0.15, -0.1) is 0 Å². The molecule has 1 heterocycles. The van der Waals surface area contributed by atoms with Gasteiger partial charge in [0, 0.05) is 17.6 Å². The van der Waals surface area contributed by atoms with Crippen molar-refractivity contribution in [2.24, 2.45) is 0 Å². The fourth-order valence-corrected chi connectivity index (χ4v) is 5.59. The molecule has 0 aliphatic heterocycles. The molecule has 2 aromatic carbocycles. The van der Waals surface area contributed by atoms with Crippen molar-refractivity contribution in [1.82, 2.24) is 9.88 Å². The number of hydrogen-bond acceptors (Lipinski definition) is 6. The van der Waals surface area contributed by atoms with Crippen LogP contribution >= 0.6 is 27.3 Å². The normalized spacial score (nSPS) is 12.1. The van der Waals surface area contributed by atoms with Crippen LogP contribution in [0.1, 0.15) is 19.4 Å². The molecule has 9 heteroatoms. The second-order valence-electron chi connectivity index (χ2n) is 7.87. The van der Waals surface area contributed by atoms with Gasteiger partial charge >= 0.3 is 0 Å². The van der Waals surface area contributed by atoms with Gasteiger partial charge in [-0.05, 0) is 63.8 Å². The van der Waals surface area contributed by atoms with Crippen molar-refractivity contribution < 1.29 is 13.2 Å². The van der Waals surface area contributed by atoms with Crippen LogP contribution in [0.4, 0.5) is 5.13 Å². The highest BCUT2D eigenvalue weighted by atomic mass is 79.9. The summed E-state index contributed by atoms with van der Waals surface area (Å²) in [6.07, 6.45) is 0.176. The molecule has 0 aliphatic rings. The van der Waals surface area contributed by atoms with Crippen LogP contribution in [-0.2, 0) is 21.1 Å². The molecule has 6 nitrogen and oxygen atoms in total. The van der Waals surface area contributed by atoms with Gasteiger partial charge in [-0.3, -0.25) is 9.69 Å². The van der Waals surface area contributed by atoms with Crippen LogP contribution in [0.5, 0.6) is 0 Å². The summed E-state index contributed by atoms with van der Waals surface area (Å²) in [5.41, 5.74) is 1.63. The van der Waals surface area contributed by atoms with Gasteiger partial charge < -0.3 is 4.90 Å². The first-order chi connectivity index (χ1) is 14.6. The number of aromatic nitrogens is 1. The number of likely N-dealkylation sites (N-methyl/N-ethyl adjacent to an activating group) is 1. The smallest absolute Gasteiger partial charge is 0.233 e. The van der Waals surface area contributed by atoms with Crippen molar-refractivity contribution in [3.63, 3.8) is 0 Å². The minimum atomic E-state index is -3.33. The molecule has 3 rings (SSSR count). The number of thiazole rings is 1. The van der Waals surface area contributed by atoms with Gasteiger partial charge in [-0.1, -0.05) is 39.4 Å². The predicted octanol–water partition coefficient (Wildman–Crippen LogP) is 4.38. The quantitative estimate of drug-likeness (QED) is 0.438. The van der Waals surface area contributed by atoms with Crippen LogP contribution in [0.3, 0.4) is 0 Å². The summed E-state index contributed by atoms with van der Waals surface area (Å²) in [4.78, 5) is 21.9. The van der Waals surface area contributed by atoms with Crippen molar-refractivity contribution in [3.05, 3.63) is 52.5 Å². The molecule has 166 valence electrons. The average molecular weight is 525 g/mol. The molecule has 1 aromatic heterocycles. The van der Waals surface area contributed by atoms with E-state index in [1.54, 1.807) is 43.0 Å². The molecule has 0 saturated heterocycles. The third kappa shape index (κ3) is 5.71. The third-order valence-corrected chi connectivity index (χ3v) is 8.57. The third-order valence-electron chi connectivity index (χ3n) is 4.87. The summed E-state index contributed by atoms with van der Waals surface area (Å²) in [7, 11) is 0.598. The summed E-state index contributed by atoms with van der Waals surface area (Å²) in [5.74, 6) is -0.0700. The van der Waals surface area contributed by atoms with Gasteiger partial charge in [0.1, 0.15) is 0 Å². The zero-order valence-electron chi connectivity index (χ0n) is 18.0. The highest BCUT2D eigenvalue weighted by Crippen LogP contribution is 2.31. The van der Waals surface area contributed by atoms with E-state index in [-0.39, 0.29) is 17.2 Å². The summed E-state index contributed by atoms with van der Waals surface area (Å²) >= 11 is 4.96. The van der Waals surface area contributed by atoms with Crippen LogP contribution in [-0.4, -0.2) is 56.6 Å². The molecular formula is C22H26BrN3O3S2. The highest BCUT2D eigenvalue weighted by molar-refractivity contribution is 9.10. The van der Waals surface area contributed by atoms with Crippen molar-refractivity contribution in [2.45, 2.75) is 30.4 Å². The maximum absolute atomic E-state index is 13.2. The molecule has 0 atom stereocenters. The van der Waals surface area contributed by atoms with Crippen LogP contribution in [0.2, 0.25) is 0 Å².